The molecule has 0 aliphatic carbocycles. The predicted octanol–water partition coefficient (Wildman–Crippen LogP) is 2.61. The summed E-state index contributed by atoms with van der Waals surface area (Å²) in [5, 5.41) is 50.5. The summed E-state index contributed by atoms with van der Waals surface area (Å²) >= 11 is 0. The molecule has 0 unspecified atom stereocenters. The third-order valence-corrected chi connectivity index (χ3v) is 3.69. The molecule has 7 heteroatoms. The molecule has 0 aliphatic heterocycles. The van der Waals surface area contributed by atoms with Crippen molar-refractivity contribution in [2.24, 2.45) is 0 Å². The number of carbonyl (C=O) groups is 2. The minimum absolute atomic E-state index is 0.0579. The first kappa shape index (κ1) is 18.6. The van der Waals surface area contributed by atoms with E-state index in [1.807, 2.05) is 0 Å². The summed E-state index contributed by atoms with van der Waals surface area (Å²) in [7, 11) is 0. The molecule has 0 aromatic heterocycles. The molecule has 5 N–H and O–H groups in total. The van der Waals surface area contributed by atoms with Gasteiger partial charge in [-0.15, -0.1) is 0 Å². The van der Waals surface area contributed by atoms with Crippen molar-refractivity contribution in [3.8, 4) is 39.9 Å². The second kappa shape index (κ2) is 7.02. The predicted molar refractivity (Wildman–Crippen MR) is 94.1 cm³/mol. The topological polar surface area (TPSA) is 135 Å². The fraction of sp³-hybridized carbons (Fsp3) is 0.0526. The molecule has 0 saturated heterocycles. The van der Waals surface area contributed by atoms with Gasteiger partial charge in [-0.25, -0.2) is 0 Å². The standard InChI is InChI=1S/C19H16O7/c1-3-10(8-13(22)9(2)20)14-16(23)18(25)15(19(26)17(14)24)11-4-6-12(21)7-5-11/h3-8,21,23-26H,1H2,2H3/b10-8+. The molecule has 2 rings (SSSR count). The lowest BCUT2D eigenvalue weighted by atomic mass is 9.94. The fourth-order valence-electron chi connectivity index (χ4n) is 2.35. The van der Waals surface area contributed by atoms with Crippen molar-refractivity contribution in [1.29, 1.82) is 0 Å². The number of hydrogen-bond donors (Lipinski definition) is 5. The highest BCUT2D eigenvalue weighted by Crippen LogP contribution is 2.53. The second-order valence-corrected chi connectivity index (χ2v) is 5.42. The van der Waals surface area contributed by atoms with Crippen LogP contribution in [-0.2, 0) is 9.59 Å². The molecule has 0 atom stereocenters. The average Bonchev–Trinajstić information content (AvgIpc) is 2.60. The van der Waals surface area contributed by atoms with E-state index in [1.54, 1.807) is 0 Å². The van der Waals surface area contributed by atoms with Crippen molar-refractivity contribution in [3.63, 3.8) is 0 Å². The molecule has 0 amide bonds. The SMILES string of the molecule is C=C/C(=C\C(=O)C(C)=O)c1c(O)c(O)c(-c2ccc(O)cc2)c(O)c1O. The van der Waals surface area contributed by atoms with E-state index >= 15 is 0 Å². The second-order valence-electron chi connectivity index (χ2n) is 5.42. The van der Waals surface area contributed by atoms with Crippen LogP contribution in [0.2, 0.25) is 0 Å². The van der Waals surface area contributed by atoms with Crippen molar-refractivity contribution in [1.82, 2.24) is 0 Å². The molecule has 0 saturated carbocycles. The van der Waals surface area contributed by atoms with Crippen molar-refractivity contribution >= 4 is 17.1 Å². The van der Waals surface area contributed by atoms with Crippen molar-refractivity contribution in [2.75, 3.05) is 0 Å². The van der Waals surface area contributed by atoms with Crippen molar-refractivity contribution < 1.29 is 35.1 Å². The number of phenols is 5. The minimum Gasteiger partial charge on any atom is -0.508 e. The number of benzene rings is 2. The Morgan fingerprint density at radius 2 is 1.38 bits per heavy atom. The lowest BCUT2D eigenvalue weighted by molar-refractivity contribution is -0.132. The Balaban J connectivity index is 2.76. The van der Waals surface area contributed by atoms with Crippen LogP contribution >= 0.6 is 0 Å². The number of allylic oxidation sites excluding steroid dienone is 3. The molecular formula is C19H16O7. The van der Waals surface area contributed by atoms with Crippen LogP contribution in [0.3, 0.4) is 0 Å². The summed E-state index contributed by atoms with van der Waals surface area (Å²) in [5.74, 6) is -4.90. The zero-order valence-corrected chi connectivity index (χ0v) is 13.7. The molecule has 2 aromatic carbocycles. The van der Waals surface area contributed by atoms with E-state index in [9.17, 15) is 35.1 Å². The van der Waals surface area contributed by atoms with Gasteiger partial charge in [0, 0.05) is 6.92 Å². The zero-order chi connectivity index (χ0) is 19.6. The van der Waals surface area contributed by atoms with Gasteiger partial charge in [0.05, 0.1) is 11.1 Å². The van der Waals surface area contributed by atoms with Crippen LogP contribution in [0.1, 0.15) is 12.5 Å². The minimum atomic E-state index is -0.916. The summed E-state index contributed by atoms with van der Waals surface area (Å²) in [5.41, 5.74) is -0.681. The van der Waals surface area contributed by atoms with E-state index in [1.165, 1.54) is 24.3 Å². The number of phenolic OH excluding ortho intramolecular Hbond substituents is 5. The Labute approximate surface area is 148 Å². The van der Waals surface area contributed by atoms with Gasteiger partial charge in [-0.05, 0) is 29.3 Å². The van der Waals surface area contributed by atoms with Crippen LogP contribution in [0, 0.1) is 0 Å². The van der Waals surface area contributed by atoms with Crippen molar-refractivity contribution in [2.45, 2.75) is 6.92 Å². The maximum absolute atomic E-state index is 11.6. The third kappa shape index (κ3) is 3.23. The molecule has 7 nitrogen and oxygen atoms in total. The number of rotatable bonds is 5. The number of hydrogen-bond acceptors (Lipinski definition) is 7. The first-order chi connectivity index (χ1) is 12.2. The summed E-state index contributed by atoms with van der Waals surface area (Å²) in [6, 6.07) is 5.28. The van der Waals surface area contributed by atoms with E-state index < -0.39 is 40.1 Å². The quantitative estimate of drug-likeness (QED) is 0.183. The maximum Gasteiger partial charge on any atom is 0.221 e. The fourth-order valence-corrected chi connectivity index (χ4v) is 2.35. The van der Waals surface area contributed by atoms with E-state index in [2.05, 4.69) is 6.58 Å². The number of aromatic hydroxyl groups is 5. The van der Waals surface area contributed by atoms with Crippen LogP contribution in [0.25, 0.3) is 16.7 Å². The Morgan fingerprint density at radius 1 is 0.885 bits per heavy atom. The number of carbonyl (C=O) groups excluding carboxylic acids is 2. The molecule has 0 radical (unpaired) electrons. The third-order valence-electron chi connectivity index (χ3n) is 3.69. The summed E-state index contributed by atoms with van der Waals surface area (Å²) in [6.45, 7) is 4.48. The van der Waals surface area contributed by atoms with Crippen molar-refractivity contribution in [3.05, 3.63) is 48.6 Å². The van der Waals surface area contributed by atoms with Gasteiger partial charge in [-0.1, -0.05) is 24.8 Å². The highest BCUT2D eigenvalue weighted by molar-refractivity contribution is 6.42. The number of Topliss-reactive ketones (excluding diaryl/α,β-unsaturated/α-hetero) is 1. The van der Waals surface area contributed by atoms with Gasteiger partial charge in [0.25, 0.3) is 0 Å². The molecule has 0 fully saturated rings. The highest BCUT2D eigenvalue weighted by Gasteiger charge is 2.26. The van der Waals surface area contributed by atoms with Gasteiger partial charge in [-0.2, -0.15) is 0 Å². The molecule has 0 bridgehead atoms. The lowest BCUT2D eigenvalue weighted by Gasteiger charge is -2.16. The highest BCUT2D eigenvalue weighted by atomic mass is 16.3. The van der Waals surface area contributed by atoms with Crippen LogP contribution in [0.5, 0.6) is 28.7 Å². The molecule has 0 heterocycles. The van der Waals surface area contributed by atoms with Gasteiger partial charge >= 0.3 is 0 Å². The number of ketones is 2. The molecule has 0 spiro atoms. The summed E-state index contributed by atoms with van der Waals surface area (Å²) in [4.78, 5) is 22.7. The van der Waals surface area contributed by atoms with Crippen LogP contribution < -0.4 is 0 Å². The van der Waals surface area contributed by atoms with Gasteiger partial charge in [0.2, 0.25) is 5.78 Å². The van der Waals surface area contributed by atoms with Gasteiger partial charge in [-0.3, -0.25) is 9.59 Å². The van der Waals surface area contributed by atoms with E-state index in [0.717, 1.165) is 19.1 Å². The van der Waals surface area contributed by atoms with E-state index in [4.69, 9.17) is 0 Å². The molecule has 134 valence electrons. The first-order valence-electron chi connectivity index (χ1n) is 7.37. The molecule has 26 heavy (non-hydrogen) atoms. The first-order valence-corrected chi connectivity index (χ1v) is 7.37. The Bertz CT molecular complexity index is 908. The summed E-state index contributed by atoms with van der Waals surface area (Å²) in [6.07, 6.45) is 1.90. The Hall–Kier alpha value is -3.74. The summed E-state index contributed by atoms with van der Waals surface area (Å²) < 4.78 is 0. The average molecular weight is 356 g/mol. The van der Waals surface area contributed by atoms with E-state index in [0.29, 0.717) is 0 Å². The monoisotopic (exact) mass is 356 g/mol. The van der Waals surface area contributed by atoms with Crippen LogP contribution in [-0.4, -0.2) is 37.1 Å². The van der Waals surface area contributed by atoms with Crippen LogP contribution in [0.15, 0.2) is 43.0 Å². The lowest BCUT2D eigenvalue weighted by Crippen LogP contribution is -2.06. The normalized spacial score (nSPS) is 11.2. The Kier molecular flexibility index (Phi) is 5.02. The maximum atomic E-state index is 11.6. The Morgan fingerprint density at radius 3 is 1.81 bits per heavy atom. The van der Waals surface area contributed by atoms with E-state index in [-0.39, 0.29) is 22.4 Å². The largest absolute Gasteiger partial charge is 0.508 e. The zero-order valence-electron chi connectivity index (χ0n) is 13.7. The van der Waals surface area contributed by atoms with Gasteiger partial charge < -0.3 is 25.5 Å². The smallest absolute Gasteiger partial charge is 0.221 e. The molecule has 0 aliphatic rings. The van der Waals surface area contributed by atoms with Gasteiger partial charge in [0.1, 0.15) is 5.75 Å². The molecular weight excluding hydrogens is 340 g/mol. The van der Waals surface area contributed by atoms with Gasteiger partial charge in [0.15, 0.2) is 28.8 Å². The molecule has 2 aromatic rings. The van der Waals surface area contributed by atoms with Crippen LogP contribution in [0.4, 0.5) is 0 Å².